The summed E-state index contributed by atoms with van der Waals surface area (Å²) in [5, 5.41) is 10.5. The second kappa shape index (κ2) is 5.16. The van der Waals surface area contributed by atoms with Gasteiger partial charge in [-0.05, 0) is 0 Å². The molecule has 12 heavy (non-hydrogen) atoms. The highest BCUT2D eigenvalue weighted by Crippen LogP contribution is 1.98. The molecule has 1 aromatic rings. The van der Waals surface area contributed by atoms with Crippen molar-refractivity contribution >= 4 is 5.78 Å². The smallest absolute Gasteiger partial charge is 0.432 e. The minimum Gasteiger partial charge on any atom is -1.00 e. The summed E-state index contributed by atoms with van der Waals surface area (Å²) in [6, 6.07) is 10.4. The van der Waals surface area contributed by atoms with Gasteiger partial charge in [0.2, 0.25) is 5.01 Å². The van der Waals surface area contributed by atoms with E-state index in [0.717, 1.165) is 0 Å². The average Bonchev–Trinajstić information content (AvgIpc) is 2.07. The van der Waals surface area contributed by atoms with Crippen molar-refractivity contribution < 1.29 is 22.4 Å². The van der Waals surface area contributed by atoms with Crippen molar-refractivity contribution in [1.29, 1.82) is 0 Å². The van der Waals surface area contributed by atoms with Crippen LogP contribution in [0.1, 0.15) is 10.4 Å². The topological polar surface area (TPSA) is 41.7 Å². The monoisotopic (exact) mass is 183 g/mol. The van der Waals surface area contributed by atoms with Crippen molar-refractivity contribution in [3.05, 3.63) is 40.9 Å². The van der Waals surface area contributed by atoms with Gasteiger partial charge in [-0.15, -0.1) is 0 Å². The van der Waals surface area contributed by atoms with Crippen molar-refractivity contribution in [3.8, 4) is 6.07 Å². The number of halogens is 1. The fourth-order valence-corrected chi connectivity index (χ4v) is 0.699. The molecule has 1 aromatic carbocycles. The Morgan fingerprint density at radius 2 is 1.92 bits per heavy atom. The maximum atomic E-state index is 10.9. The first-order valence-electron chi connectivity index (χ1n) is 3.04. The van der Waals surface area contributed by atoms with Crippen LogP contribution < -0.4 is 12.4 Å². The molecule has 0 bridgehead atoms. The minimum absolute atomic E-state index is 0. The molecule has 0 saturated carbocycles. The number of Topliss-reactive ketones (excluding diaryl/α,β-unsaturated/α-hetero) is 1. The molecule has 0 spiro atoms. The van der Waals surface area contributed by atoms with Gasteiger partial charge in [0.25, 0.3) is 0 Å². The van der Waals surface area contributed by atoms with Gasteiger partial charge < -0.3 is 12.4 Å². The van der Waals surface area contributed by atoms with Gasteiger partial charge in [0, 0.05) is 5.56 Å². The van der Waals surface area contributed by atoms with Crippen LogP contribution in [0.15, 0.2) is 30.3 Å². The van der Waals surface area contributed by atoms with E-state index >= 15 is 0 Å². The Bertz CT molecular complexity index is 313. The Labute approximate surface area is 75.8 Å². The van der Waals surface area contributed by atoms with Crippen LogP contribution in [0, 0.1) is 6.07 Å². The molecular formula is C8H6ClNO2. The van der Waals surface area contributed by atoms with Gasteiger partial charge in [-0.2, -0.15) is 5.21 Å². The van der Waals surface area contributed by atoms with Crippen molar-refractivity contribution in [3.63, 3.8) is 0 Å². The van der Waals surface area contributed by atoms with E-state index in [2.05, 4.69) is 5.01 Å². The van der Waals surface area contributed by atoms with E-state index in [1.54, 1.807) is 30.3 Å². The molecule has 0 amide bonds. The summed E-state index contributed by atoms with van der Waals surface area (Å²) in [7, 11) is 0. The SMILES string of the molecule is O=C(C#[N+]O)c1ccccc1.[Cl-]. The van der Waals surface area contributed by atoms with E-state index in [1.807, 2.05) is 6.07 Å². The normalized spacial score (nSPS) is 7.33. The number of nitrogens with zero attached hydrogens (tertiary/aromatic N) is 1. The van der Waals surface area contributed by atoms with Gasteiger partial charge in [0.1, 0.15) is 0 Å². The number of ketones is 1. The lowest BCUT2D eigenvalue weighted by Crippen LogP contribution is -3.00. The lowest BCUT2D eigenvalue weighted by Gasteiger charge is -1.85. The van der Waals surface area contributed by atoms with Crippen LogP contribution in [0.2, 0.25) is 0 Å². The van der Waals surface area contributed by atoms with Crippen molar-refractivity contribution in [2.75, 3.05) is 0 Å². The first kappa shape index (κ1) is 10.5. The zero-order valence-corrected chi connectivity index (χ0v) is 6.82. The van der Waals surface area contributed by atoms with Gasteiger partial charge in [0.15, 0.2) is 0 Å². The Balaban J connectivity index is 0.00000121. The highest BCUT2D eigenvalue weighted by molar-refractivity contribution is 6.08. The van der Waals surface area contributed by atoms with Gasteiger partial charge in [-0.25, -0.2) is 0 Å². The third-order valence-electron chi connectivity index (χ3n) is 1.19. The summed E-state index contributed by atoms with van der Waals surface area (Å²) in [5.74, 6) is -0.423. The number of carbonyl (C=O) groups is 1. The quantitative estimate of drug-likeness (QED) is 0.331. The molecule has 0 aliphatic carbocycles. The van der Waals surface area contributed by atoms with E-state index in [9.17, 15) is 4.79 Å². The molecule has 62 valence electrons. The zero-order valence-electron chi connectivity index (χ0n) is 6.07. The predicted octanol–water partition coefficient (Wildman–Crippen LogP) is -1.40. The van der Waals surface area contributed by atoms with Crippen LogP contribution in [0.3, 0.4) is 0 Å². The first-order valence-corrected chi connectivity index (χ1v) is 3.04. The van der Waals surface area contributed by atoms with Gasteiger partial charge in [0.05, 0.1) is 0 Å². The van der Waals surface area contributed by atoms with Crippen LogP contribution in [0.25, 0.3) is 5.01 Å². The average molecular weight is 184 g/mol. The van der Waals surface area contributed by atoms with Crippen LogP contribution >= 0.6 is 0 Å². The molecule has 0 aliphatic rings. The van der Waals surface area contributed by atoms with Crippen molar-refractivity contribution in [2.45, 2.75) is 0 Å². The number of hydrogen-bond donors (Lipinski definition) is 1. The van der Waals surface area contributed by atoms with Gasteiger partial charge in [-0.3, -0.25) is 4.79 Å². The number of hydrogen-bond acceptors (Lipinski definition) is 2. The first-order chi connectivity index (χ1) is 5.34. The lowest BCUT2D eigenvalue weighted by molar-refractivity contribution is -0.0000105. The molecule has 0 heterocycles. The number of rotatable bonds is 1. The predicted molar refractivity (Wildman–Crippen MR) is 39.8 cm³/mol. The zero-order chi connectivity index (χ0) is 8.10. The third kappa shape index (κ3) is 2.60. The fourth-order valence-electron chi connectivity index (χ4n) is 0.699. The molecule has 0 saturated heterocycles. The second-order valence-electron chi connectivity index (χ2n) is 1.91. The molecule has 1 rings (SSSR count). The van der Waals surface area contributed by atoms with E-state index in [4.69, 9.17) is 5.21 Å². The molecule has 0 radical (unpaired) electrons. The number of carbonyl (C=O) groups excluding carboxylic acids is 1. The van der Waals surface area contributed by atoms with Crippen LogP contribution in [0.4, 0.5) is 0 Å². The summed E-state index contributed by atoms with van der Waals surface area (Å²) in [6.45, 7) is 0. The minimum atomic E-state index is -0.423. The van der Waals surface area contributed by atoms with Crippen molar-refractivity contribution in [1.82, 2.24) is 0 Å². The standard InChI is InChI=1S/C8H5NO2.ClH/c10-8(6-9-11)7-4-2-1-3-5-7;/h1-5H;1H. The van der Waals surface area contributed by atoms with Crippen LogP contribution in [-0.2, 0) is 0 Å². The molecule has 0 aromatic heterocycles. The third-order valence-corrected chi connectivity index (χ3v) is 1.19. The molecular weight excluding hydrogens is 178 g/mol. The second-order valence-corrected chi connectivity index (χ2v) is 1.91. The molecule has 0 aliphatic heterocycles. The Morgan fingerprint density at radius 1 is 1.33 bits per heavy atom. The summed E-state index contributed by atoms with van der Waals surface area (Å²) in [4.78, 5) is 10.9. The molecule has 1 N–H and O–H groups in total. The Kier molecular flexibility index (Phi) is 4.51. The highest BCUT2D eigenvalue weighted by Gasteiger charge is 2.07. The molecule has 0 unspecified atom stereocenters. The molecule has 3 nitrogen and oxygen atoms in total. The Hall–Kier alpha value is -1.53. The molecule has 0 fully saturated rings. The van der Waals surface area contributed by atoms with Crippen LogP contribution in [-0.4, -0.2) is 11.0 Å². The lowest BCUT2D eigenvalue weighted by atomic mass is 10.1. The van der Waals surface area contributed by atoms with Gasteiger partial charge in [-0.1, -0.05) is 30.3 Å². The summed E-state index contributed by atoms with van der Waals surface area (Å²) in [5.41, 5.74) is 0.463. The molecule has 0 atom stereocenters. The van der Waals surface area contributed by atoms with E-state index in [-0.39, 0.29) is 12.4 Å². The van der Waals surface area contributed by atoms with Crippen molar-refractivity contribution in [2.24, 2.45) is 0 Å². The Morgan fingerprint density at radius 3 is 2.42 bits per heavy atom. The van der Waals surface area contributed by atoms with Crippen LogP contribution in [0.5, 0.6) is 0 Å². The number of benzene rings is 1. The summed E-state index contributed by atoms with van der Waals surface area (Å²) < 4.78 is 0. The maximum absolute atomic E-state index is 10.9. The van der Waals surface area contributed by atoms with E-state index in [0.29, 0.717) is 5.56 Å². The van der Waals surface area contributed by atoms with Gasteiger partial charge >= 0.3 is 11.9 Å². The largest absolute Gasteiger partial charge is 1.00 e. The summed E-state index contributed by atoms with van der Waals surface area (Å²) >= 11 is 0. The van der Waals surface area contributed by atoms with E-state index in [1.165, 1.54) is 0 Å². The molecule has 4 heteroatoms. The summed E-state index contributed by atoms with van der Waals surface area (Å²) in [6.07, 6.45) is 0. The maximum Gasteiger partial charge on any atom is 0.432 e. The van der Waals surface area contributed by atoms with E-state index < -0.39 is 5.78 Å². The highest BCUT2D eigenvalue weighted by atomic mass is 35.5. The fraction of sp³-hybridized carbons (Fsp3) is 0.